The molecule has 0 saturated heterocycles. The lowest BCUT2D eigenvalue weighted by Crippen LogP contribution is -2.30. The SMILES string of the molecule is CC(C)=CC(=O)OCC(=O)NCCc1c[nH]c2ccccc12. The quantitative estimate of drug-likeness (QED) is 0.635. The lowest BCUT2D eigenvalue weighted by atomic mass is 10.1. The van der Waals surface area contributed by atoms with E-state index in [1.54, 1.807) is 13.8 Å². The average molecular weight is 300 g/mol. The highest BCUT2D eigenvalue weighted by Crippen LogP contribution is 2.17. The standard InChI is InChI=1S/C17H20N2O3/c1-12(2)9-17(21)22-11-16(20)18-8-7-13-10-19-15-6-4-3-5-14(13)15/h3-6,9-10,19H,7-8,11H2,1-2H3,(H,18,20). The number of para-hydroxylation sites is 1. The van der Waals surface area contributed by atoms with Gasteiger partial charge in [-0.15, -0.1) is 0 Å². The van der Waals surface area contributed by atoms with Crippen LogP contribution < -0.4 is 5.32 Å². The number of benzene rings is 1. The number of ether oxygens (including phenoxy) is 1. The van der Waals surface area contributed by atoms with Gasteiger partial charge in [0.2, 0.25) is 0 Å². The van der Waals surface area contributed by atoms with Crippen molar-refractivity contribution in [1.82, 2.24) is 10.3 Å². The first-order chi connectivity index (χ1) is 10.6. The van der Waals surface area contributed by atoms with Crippen LogP contribution in [0.25, 0.3) is 10.9 Å². The third kappa shape index (κ3) is 4.48. The van der Waals surface area contributed by atoms with Crippen LogP contribution in [-0.2, 0) is 20.7 Å². The number of nitrogens with one attached hydrogen (secondary N) is 2. The summed E-state index contributed by atoms with van der Waals surface area (Å²) in [4.78, 5) is 26.1. The fraction of sp³-hybridized carbons (Fsp3) is 0.294. The Morgan fingerprint density at radius 2 is 2.05 bits per heavy atom. The van der Waals surface area contributed by atoms with E-state index >= 15 is 0 Å². The summed E-state index contributed by atoms with van der Waals surface area (Å²) in [7, 11) is 0. The van der Waals surface area contributed by atoms with Crippen molar-refractivity contribution in [3.05, 3.63) is 47.7 Å². The zero-order chi connectivity index (χ0) is 15.9. The number of aromatic amines is 1. The molecule has 2 N–H and O–H groups in total. The largest absolute Gasteiger partial charge is 0.452 e. The second-order valence-electron chi connectivity index (χ2n) is 5.29. The average Bonchev–Trinajstić information content (AvgIpc) is 2.88. The highest BCUT2D eigenvalue weighted by atomic mass is 16.5. The number of hydrogen-bond acceptors (Lipinski definition) is 3. The van der Waals surface area contributed by atoms with Crippen molar-refractivity contribution >= 4 is 22.8 Å². The van der Waals surface area contributed by atoms with Crippen LogP contribution in [0.15, 0.2) is 42.1 Å². The molecule has 1 heterocycles. The molecule has 0 bridgehead atoms. The molecule has 0 aliphatic rings. The Kier molecular flexibility index (Phi) is 5.36. The maximum absolute atomic E-state index is 11.6. The van der Waals surface area contributed by atoms with E-state index in [9.17, 15) is 9.59 Å². The summed E-state index contributed by atoms with van der Waals surface area (Å²) >= 11 is 0. The van der Waals surface area contributed by atoms with Crippen molar-refractivity contribution in [1.29, 1.82) is 0 Å². The summed E-state index contributed by atoms with van der Waals surface area (Å²) in [6.07, 6.45) is 4.03. The number of allylic oxidation sites excluding steroid dienone is 1. The van der Waals surface area contributed by atoms with Crippen molar-refractivity contribution in [2.24, 2.45) is 0 Å². The zero-order valence-electron chi connectivity index (χ0n) is 12.8. The van der Waals surface area contributed by atoms with Crippen LogP contribution in [0, 0.1) is 0 Å². The molecule has 0 fully saturated rings. The van der Waals surface area contributed by atoms with Gasteiger partial charge in [-0.05, 0) is 31.9 Å². The fourth-order valence-corrected chi connectivity index (χ4v) is 2.14. The second kappa shape index (κ2) is 7.45. The van der Waals surface area contributed by atoms with E-state index in [2.05, 4.69) is 10.3 Å². The van der Waals surface area contributed by atoms with Gasteiger partial charge in [-0.2, -0.15) is 0 Å². The third-order valence-electron chi connectivity index (χ3n) is 3.14. The van der Waals surface area contributed by atoms with Gasteiger partial charge in [-0.3, -0.25) is 4.79 Å². The molecule has 0 unspecified atom stereocenters. The number of hydrogen-bond donors (Lipinski definition) is 2. The van der Waals surface area contributed by atoms with Gasteiger partial charge in [0.1, 0.15) is 0 Å². The predicted octanol–water partition coefficient (Wildman–Crippen LogP) is 2.34. The van der Waals surface area contributed by atoms with Crippen LogP contribution in [0.2, 0.25) is 0 Å². The highest BCUT2D eigenvalue weighted by molar-refractivity contribution is 5.86. The van der Waals surface area contributed by atoms with Gasteiger partial charge in [0, 0.05) is 29.7 Å². The van der Waals surface area contributed by atoms with Gasteiger partial charge in [0.15, 0.2) is 6.61 Å². The van der Waals surface area contributed by atoms with E-state index in [0.29, 0.717) is 6.54 Å². The van der Waals surface area contributed by atoms with E-state index in [0.717, 1.165) is 28.5 Å². The number of rotatable bonds is 6. The molecule has 0 radical (unpaired) electrons. The molecule has 22 heavy (non-hydrogen) atoms. The first kappa shape index (κ1) is 15.8. The number of carbonyl (C=O) groups is 2. The summed E-state index contributed by atoms with van der Waals surface area (Å²) in [6.45, 7) is 3.84. The maximum Gasteiger partial charge on any atom is 0.331 e. The van der Waals surface area contributed by atoms with E-state index < -0.39 is 5.97 Å². The van der Waals surface area contributed by atoms with Crippen molar-refractivity contribution in [3.8, 4) is 0 Å². The van der Waals surface area contributed by atoms with Gasteiger partial charge in [0.25, 0.3) is 5.91 Å². The van der Waals surface area contributed by atoms with Gasteiger partial charge in [-0.1, -0.05) is 23.8 Å². The molecule has 0 atom stereocenters. The molecule has 0 aliphatic carbocycles. The number of aromatic nitrogens is 1. The third-order valence-corrected chi connectivity index (χ3v) is 3.14. The number of carbonyl (C=O) groups excluding carboxylic acids is 2. The lowest BCUT2D eigenvalue weighted by Gasteiger charge is -2.05. The normalized spacial score (nSPS) is 10.3. The van der Waals surface area contributed by atoms with Gasteiger partial charge >= 0.3 is 5.97 Å². The van der Waals surface area contributed by atoms with Gasteiger partial charge in [-0.25, -0.2) is 4.79 Å². The topological polar surface area (TPSA) is 71.2 Å². The summed E-state index contributed by atoms with van der Waals surface area (Å²) in [5.41, 5.74) is 3.07. The summed E-state index contributed by atoms with van der Waals surface area (Å²) in [5.74, 6) is -0.790. The molecule has 2 aromatic rings. The number of amides is 1. The van der Waals surface area contributed by atoms with Crippen molar-refractivity contribution in [2.45, 2.75) is 20.3 Å². The molecular formula is C17H20N2O3. The van der Waals surface area contributed by atoms with E-state index in [4.69, 9.17) is 4.74 Å². The first-order valence-corrected chi connectivity index (χ1v) is 7.19. The molecule has 1 aromatic carbocycles. The number of H-pyrrole nitrogens is 1. The van der Waals surface area contributed by atoms with Crippen molar-refractivity contribution in [2.75, 3.05) is 13.2 Å². The Morgan fingerprint density at radius 3 is 2.82 bits per heavy atom. The Morgan fingerprint density at radius 1 is 1.27 bits per heavy atom. The molecule has 0 spiro atoms. The van der Waals surface area contributed by atoms with Crippen LogP contribution in [0.4, 0.5) is 0 Å². The Balaban J connectivity index is 1.75. The molecule has 1 aromatic heterocycles. The Labute approximate surface area is 129 Å². The molecule has 1 amide bonds. The number of esters is 1. The van der Waals surface area contributed by atoms with Crippen LogP contribution >= 0.6 is 0 Å². The summed E-state index contributed by atoms with van der Waals surface area (Å²) < 4.78 is 4.84. The molecule has 116 valence electrons. The minimum absolute atomic E-state index is 0.253. The van der Waals surface area contributed by atoms with E-state index in [1.165, 1.54) is 6.08 Å². The van der Waals surface area contributed by atoms with Crippen molar-refractivity contribution < 1.29 is 14.3 Å². The van der Waals surface area contributed by atoms with Gasteiger partial charge < -0.3 is 15.0 Å². The van der Waals surface area contributed by atoms with Crippen LogP contribution in [0.1, 0.15) is 19.4 Å². The molecule has 0 saturated carbocycles. The van der Waals surface area contributed by atoms with E-state index in [-0.39, 0.29) is 12.5 Å². The van der Waals surface area contributed by atoms with Crippen LogP contribution in [-0.4, -0.2) is 30.0 Å². The molecule has 5 heteroatoms. The monoisotopic (exact) mass is 300 g/mol. The van der Waals surface area contributed by atoms with Crippen LogP contribution in [0.3, 0.4) is 0 Å². The van der Waals surface area contributed by atoms with Crippen molar-refractivity contribution in [3.63, 3.8) is 0 Å². The number of fused-ring (bicyclic) bond motifs is 1. The minimum atomic E-state index is -0.494. The lowest BCUT2D eigenvalue weighted by molar-refractivity contribution is -0.143. The van der Waals surface area contributed by atoms with E-state index in [1.807, 2.05) is 30.5 Å². The zero-order valence-corrected chi connectivity index (χ0v) is 12.8. The predicted molar refractivity (Wildman–Crippen MR) is 85.4 cm³/mol. The van der Waals surface area contributed by atoms with Gasteiger partial charge in [0.05, 0.1) is 0 Å². The maximum atomic E-state index is 11.6. The van der Waals surface area contributed by atoms with Crippen LogP contribution in [0.5, 0.6) is 0 Å². The Hall–Kier alpha value is -2.56. The highest BCUT2D eigenvalue weighted by Gasteiger charge is 2.06. The molecule has 5 nitrogen and oxygen atoms in total. The Bertz CT molecular complexity index is 697. The molecule has 2 rings (SSSR count). The fourth-order valence-electron chi connectivity index (χ4n) is 2.14. The summed E-state index contributed by atoms with van der Waals surface area (Å²) in [6, 6.07) is 8.02. The first-order valence-electron chi connectivity index (χ1n) is 7.19. The minimum Gasteiger partial charge on any atom is -0.452 e. The molecular weight excluding hydrogens is 280 g/mol. The summed E-state index contributed by atoms with van der Waals surface area (Å²) in [5, 5.41) is 3.90. The molecule has 0 aliphatic heterocycles. The smallest absolute Gasteiger partial charge is 0.331 e. The second-order valence-corrected chi connectivity index (χ2v) is 5.29.